The van der Waals surface area contributed by atoms with Crippen molar-refractivity contribution in [1.82, 2.24) is 0 Å². The summed E-state index contributed by atoms with van der Waals surface area (Å²) >= 11 is 28.6. The molecular weight excluding hydrogens is 896 g/mol. The van der Waals surface area contributed by atoms with Gasteiger partial charge in [0, 0.05) is 48.6 Å². The van der Waals surface area contributed by atoms with Crippen molar-refractivity contribution in [2.75, 3.05) is 24.2 Å². The minimum absolute atomic E-state index is 0.0335. The summed E-state index contributed by atoms with van der Waals surface area (Å²) in [6.45, 7) is -1.38. The van der Waals surface area contributed by atoms with Gasteiger partial charge in [0.15, 0.2) is 6.79 Å². The average Bonchev–Trinajstić information content (AvgIpc) is 3.00. The summed E-state index contributed by atoms with van der Waals surface area (Å²) in [6, 6.07) is 24.7. The zero-order valence-corrected chi connectivity index (χ0v) is 30.5. The number of aliphatic hydroxyl groups is 3. The topological polar surface area (TPSA) is 148 Å². The molecule has 0 atom stereocenters. The Bertz CT molecular complexity index is 1480. The molecular formula is C30H28Cl4I2N2O7. The van der Waals surface area contributed by atoms with Gasteiger partial charge in [-0.25, -0.2) is 0 Å². The van der Waals surface area contributed by atoms with Crippen LogP contribution >= 0.6 is 83.6 Å². The van der Waals surface area contributed by atoms with Gasteiger partial charge in [-0.05, 0) is 47.5 Å². The van der Waals surface area contributed by atoms with Crippen LogP contribution in [0, 0.1) is 0 Å². The minimum atomic E-state index is -0.889. The van der Waals surface area contributed by atoms with Crippen molar-refractivity contribution in [2.45, 2.75) is 12.8 Å². The number of nitrogens with one attached hydrogen (secondary N) is 2. The van der Waals surface area contributed by atoms with Gasteiger partial charge in [-0.3, -0.25) is 9.59 Å². The fourth-order valence-corrected chi connectivity index (χ4v) is 4.52. The molecule has 0 fully saturated rings. The number of para-hydroxylation sites is 4. The van der Waals surface area contributed by atoms with E-state index in [4.69, 9.17) is 66.8 Å². The van der Waals surface area contributed by atoms with E-state index in [-0.39, 0.29) is 12.8 Å². The molecule has 0 aliphatic carbocycles. The molecule has 4 aromatic rings. The molecule has 0 radical (unpaired) electrons. The SMILES string of the molecule is II.O=C(Cc1ccccc1Nc1c(Cl)cccc1Cl)OCO.O=C(O)Cc1ccccc1Nc1c(Cl)cccc1Cl.OCO. The Morgan fingerprint density at radius 2 is 0.978 bits per heavy atom. The van der Waals surface area contributed by atoms with Crippen LogP contribution in [-0.2, 0) is 27.2 Å². The molecule has 6 N–H and O–H groups in total. The van der Waals surface area contributed by atoms with Crippen LogP contribution in [0.3, 0.4) is 0 Å². The molecule has 4 rings (SSSR count). The third-order valence-corrected chi connectivity index (χ3v) is 6.64. The predicted octanol–water partition coefficient (Wildman–Crippen LogP) is 8.84. The monoisotopic (exact) mass is 922 g/mol. The number of halogens is 6. The van der Waals surface area contributed by atoms with Gasteiger partial charge in [0.2, 0.25) is 0 Å². The molecule has 0 aromatic heterocycles. The summed E-state index contributed by atoms with van der Waals surface area (Å²) in [4.78, 5) is 22.3. The number of aliphatic carboxylic acids is 1. The highest BCUT2D eigenvalue weighted by Gasteiger charge is 2.12. The first-order valence-corrected chi connectivity index (χ1v) is 20.3. The summed E-state index contributed by atoms with van der Waals surface area (Å²) in [5.41, 5.74) is 3.91. The molecule has 9 nitrogen and oxygen atoms in total. The summed E-state index contributed by atoms with van der Waals surface area (Å²) in [5, 5.41) is 39.9. The van der Waals surface area contributed by atoms with Crippen molar-refractivity contribution < 1.29 is 34.8 Å². The molecule has 0 aliphatic rings. The number of carboxylic acids is 1. The second kappa shape index (κ2) is 23.3. The number of rotatable bonds is 9. The van der Waals surface area contributed by atoms with Crippen LogP contribution in [0.4, 0.5) is 22.7 Å². The minimum Gasteiger partial charge on any atom is -0.481 e. The smallest absolute Gasteiger partial charge is 0.312 e. The number of ether oxygens (including phenoxy) is 1. The van der Waals surface area contributed by atoms with Gasteiger partial charge in [0.05, 0.1) is 44.3 Å². The van der Waals surface area contributed by atoms with Crippen LogP contribution in [0.1, 0.15) is 11.1 Å². The van der Waals surface area contributed by atoms with Crippen molar-refractivity contribution >= 4 is 118 Å². The van der Waals surface area contributed by atoms with E-state index in [0.717, 1.165) is 0 Å². The number of benzene rings is 4. The number of hydrogen-bond donors (Lipinski definition) is 6. The number of anilines is 4. The molecule has 0 saturated carbocycles. The maximum Gasteiger partial charge on any atom is 0.312 e. The Kier molecular flexibility index (Phi) is 21.2. The van der Waals surface area contributed by atoms with E-state index < -0.39 is 25.5 Å². The molecule has 242 valence electrons. The quantitative estimate of drug-likeness (QED) is 0.0551. The van der Waals surface area contributed by atoms with Crippen molar-refractivity contribution in [2.24, 2.45) is 0 Å². The second-order valence-corrected chi connectivity index (χ2v) is 9.92. The molecule has 0 saturated heterocycles. The Labute approximate surface area is 303 Å². The highest BCUT2D eigenvalue weighted by molar-refractivity contribution is 15.0. The molecule has 0 amide bonds. The number of aliphatic hydroxyl groups excluding tert-OH is 2. The van der Waals surface area contributed by atoms with E-state index in [0.29, 0.717) is 54.0 Å². The predicted molar refractivity (Wildman–Crippen MR) is 198 cm³/mol. The van der Waals surface area contributed by atoms with Gasteiger partial charge in [0.25, 0.3) is 0 Å². The average molecular weight is 924 g/mol. The van der Waals surface area contributed by atoms with Gasteiger partial charge in [-0.2, -0.15) is 0 Å². The van der Waals surface area contributed by atoms with Gasteiger partial charge >= 0.3 is 11.9 Å². The third kappa shape index (κ3) is 14.9. The van der Waals surface area contributed by atoms with E-state index in [1.54, 1.807) is 72.8 Å². The molecule has 0 aliphatic heterocycles. The number of carboxylic acid groups (broad SMARTS) is 1. The van der Waals surface area contributed by atoms with Crippen LogP contribution in [0.2, 0.25) is 20.1 Å². The Morgan fingerprint density at radius 1 is 0.622 bits per heavy atom. The van der Waals surface area contributed by atoms with Crippen LogP contribution in [0.15, 0.2) is 84.9 Å². The maximum atomic E-state index is 11.5. The van der Waals surface area contributed by atoms with E-state index in [2.05, 4.69) is 52.6 Å². The zero-order chi connectivity index (χ0) is 33.8. The Balaban J connectivity index is 0.000000395. The lowest BCUT2D eigenvalue weighted by atomic mass is 10.1. The molecule has 4 aromatic carbocycles. The van der Waals surface area contributed by atoms with Gasteiger partial charge in [-0.1, -0.05) is 94.9 Å². The van der Waals surface area contributed by atoms with Crippen LogP contribution < -0.4 is 10.6 Å². The number of hydrogen-bond acceptors (Lipinski definition) is 8. The van der Waals surface area contributed by atoms with Crippen LogP contribution in [-0.4, -0.2) is 46.0 Å². The first kappa shape index (κ1) is 40.9. The fraction of sp³-hybridized carbons (Fsp3) is 0.133. The van der Waals surface area contributed by atoms with Crippen LogP contribution in [0.5, 0.6) is 0 Å². The molecule has 0 bridgehead atoms. The lowest BCUT2D eigenvalue weighted by Crippen LogP contribution is -2.10. The van der Waals surface area contributed by atoms with E-state index in [9.17, 15) is 9.59 Å². The van der Waals surface area contributed by atoms with Crippen molar-refractivity contribution in [3.8, 4) is 0 Å². The standard InChI is InChI=1S/C15H13Cl2NO3.C14H11Cl2NO2.CH4O2.I2/c16-11-5-3-6-12(17)15(11)18-13-7-2-1-4-10(13)8-14(20)21-9-19;15-10-5-3-6-11(16)14(10)17-12-7-2-1-4-9(12)8-13(18)19;2-1-3;1-2/h1-7,18-19H,8-9H2;1-7,17H,8H2,(H,18,19);2-3H,1H2;. The van der Waals surface area contributed by atoms with E-state index >= 15 is 0 Å². The fourth-order valence-electron chi connectivity index (χ4n) is 3.54. The molecule has 45 heavy (non-hydrogen) atoms. The first-order chi connectivity index (χ1) is 21.6. The molecule has 15 heteroatoms. The second-order valence-electron chi connectivity index (χ2n) is 8.29. The number of carbonyl (C=O) groups excluding carboxylic acids is 1. The van der Waals surface area contributed by atoms with Crippen LogP contribution in [0.25, 0.3) is 0 Å². The summed E-state index contributed by atoms with van der Waals surface area (Å²) in [6.07, 6.45) is -0.0307. The largest absolute Gasteiger partial charge is 0.481 e. The van der Waals surface area contributed by atoms with Crippen molar-refractivity contribution in [3.63, 3.8) is 0 Å². The number of esters is 1. The summed E-state index contributed by atoms with van der Waals surface area (Å²) in [5.74, 6) is -1.41. The van der Waals surface area contributed by atoms with Gasteiger partial charge in [-0.15, -0.1) is 0 Å². The van der Waals surface area contributed by atoms with Crippen molar-refractivity contribution in [3.05, 3.63) is 116 Å². The first-order valence-electron chi connectivity index (χ1n) is 12.5. The zero-order valence-electron chi connectivity index (χ0n) is 23.2. The van der Waals surface area contributed by atoms with E-state index in [1.807, 2.05) is 12.1 Å². The van der Waals surface area contributed by atoms with Crippen molar-refractivity contribution in [1.29, 1.82) is 0 Å². The molecule has 0 spiro atoms. The lowest BCUT2D eigenvalue weighted by molar-refractivity contribution is -0.150. The number of carbonyl (C=O) groups is 2. The van der Waals surface area contributed by atoms with Gasteiger partial charge < -0.3 is 35.8 Å². The third-order valence-electron chi connectivity index (χ3n) is 5.38. The Hall–Kier alpha value is -2.08. The van der Waals surface area contributed by atoms with Gasteiger partial charge in [0.1, 0.15) is 6.79 Å². The Morgan fingerprint density at radius 3 is 1.33 bits per heavy atom. The van der Waals surface area contributed by atoms with E-state index in [1.165, 1.54) is 0 Å². The normalized spacial score (nSPS) is 9.62. The molecule has 0 unspecified atom stereocenters. The highest BCUT2D eigenvalue weighted by atomic mass is 128. The summed E-state index contributed by atoms with van der Waals surface area (Å²) < 4.78 is 4.54. The maximum absolute atomic E-state index is 11.5. The lowest BCUT2D eigenvalue weighted by Gasteiger charge is -2.14. The molecule has 0 heterocycles. The summed E-state index contributed by atoms with van der Waals surface area (Å²) in [7, 11) is 0. The highest BCUT2D eigenvalue weighted by Crippen LogP contribution is 2.35.